The SMILES string of the molecule is Cc1ccccc1CN(C)CC(=O)Nc1ccc(SC(F)F)cc1. The number of hydrogen-bond acceptors (Lipinski definition) is 3. The molecule has 0 spiro atoms. The molecule has 0 radical (unpaired) electrons. The zero-order chi connectivity index (χ0) is 17.5. The van der Waals surface area contributed by atoms with E-state index >= 15 is 0 Å². The Balaban J connectivity index is 1.85. The first-order valence-electron chi connectivity index (χ1n) is 7.52. The van der Waals surface area contributed by atoms with Gasteiger partial charge in [-0.2, -0.15) is 8.78 Å². The summed E-state index contributed by atoms with van der Waals surface area (Å²) in [6, 6.07) is 14.5. The summed E-state index contributed by atoms with van der Waals surface area (Å²) in [5, 5.41) is 2.78. The Hall–Kier alpha value is -1.92. The van der Waals surface area contributed by atoms with E-state index < -0.39 is 5.76 Å². The van der Waals surface area contributed by atoms with Crippen molar-refractivity contribution in [1.29, 1.82) is 0 Å². The van der Waals surface area contributed by atoms with Crippen LogP contribution in [0.25, 0.3) is 0 Å². The molecule has 24 heavy (non-hydrogen) atoms. The van der Waals surface area contributed by atoms with Gasteiger partial charge in [0.05, 0.1) is 6.54 Å². The largest absolute Gasteiger partial charge is 0.325 e. The number of nitrogens with one attached hydrogen (secondary N) is 1. The van der Waals surface area contributed by atoms with Gasteiger partial charge in [-0.3, -0.25) is 9.69 Å². The summed E-state index contributed by atoms with van der Waals surface area (Å²) >= 11 is 0.485. The van der Waals surface area contributed by atoms with E-state index in [1.54, 1.807) is 24.3 Å². The van der Waals surface area contributed by atoms with E-state index in [-0.39, 0.29) is 12.5 Å². The Labute approximate surface area is 145 Å². The molecule has 0 aliphatic heterocycles. The zero-order valence-corrected chi connectivity index (χ0v) is 14.4. The fourth-order valence-corrected chi connectivity index (χ4v) is 2.80. The maximum atomic E-state index is 12.3. The zero-order valence-electron chi connectivity index (χ0n) is 13.6. The van der Waals surface area contributed by atoms with Crippen molar-refractivity contribution in [3.8, 4) is 0 Å². The van der Waals surface area contributed by atoms with Gasteiger partial charge >= 0.3 is 0 Å². The van der Waals surface area contributed by atoms with Crippen molar-refractivity contribution in [3.05, 3.63) is 59.7 Å². The van der Waals surface area contributed by atoms with Crippen LogP contribution in [0.4, 0.5) is 14.5 Å². The van der Waals surface area contributed by atoms with Gasteiger partial charge in [-0.05, 0) is 49.4 Å². The number of anilines is 1. The second-order valence-corrected chi connectivity index (χ2v) is 6.61. The number of aryl methyl sites for hydroxylation is 1. The van der Waals surface area contributed by atoms with E-state index in [2.05, 4.69) is 5.32 Å². The molecule has 0 bridgehead atoms. The number of benzene rings is 2. The Morgan fingerprint density at radius 2 is 1.83 bits per heavy atom. The predicted octanol–water partition coefficient (Wildman–Crippen LogP) is 4.38. The maximum absolute atomic E-state index is 12.3. The van der Waals surface area contributed by atoms with Gasteiger partial charge in [0.25, 0.3) is 5.76 Å². The Kier molecular flexibility index (Phi) is 6.75. The number of halogens is 2. The minimum Gasteiger partial charge on any atom is -0.325 e. The number of likely N-dealkylation sites (N-methyl/N-ethyl adjacent to an activating group) is 1. The van der Waals surface area contributed by atoms with E-state index in [1.807, 2.05) is 43.1 Å². The first-order valence-corrected chi connectivity index (χ1v) is 8.40. The molecule has 0 saturated carbocycles. The summed E-state index contributed by atoms with van der Waals surface area (Å²) in [4.78, 5) is 14.5. The molecular weight excluding hydrogens is 330 g/mol. The van der Waals surface area contributed by atoms with Crippen molar-refractivity contribution in [2.24, 2.45) is 0 Å². The van der Waals surface area contributed by atoms with E-state index in [0.717, 1.165) is 0 Å². The maximum Gasteiger partial charge on any atom is 0.288 e. The van der Waals surface area contributed by atoms with Crippen molar-refractivity contribution in [2.45, 2.75) is 24.1 Å². The average Bonchev–Trinajstić information content (AvgIpc) is 2.51. The van der Waals surface area contributed by atoms with Gasteiger partial charge in [-0.15, -0.1) is 0 Å². The summed E-state index contributed by atoms with van der Waals surface area (Å²) in [7, 11) is 1.88. The molecule has 0 atom stereocenters. The van der Waals surface area contributed by atoms with Gasteiger partial charge in [-0.1, -0.05) is 36.0 Å². The fourth-order valence-electron chi connectivity index (χ4n) is 2.30. The molecule has 3 nitrogen and oxygen atoms in total. The highest BCUT2D eigenvalue weighted by Gasteiger charge is 2.09. The standard InChI is InChI=1S/C18H20F2N2OS/c1-13-5-3-4-6-14(13)11-22(2)12-17(23)21-15-7-9-16(10-8-15)24-18(19)20/h3-10,18H,11-12H2,1-2H3,(H,21,23). The third-order valence-electron chi connectivity index (χ3n) is 3.48. The lowest BCUT2D eigenvalue weighted by Crippen LogP contribution is -2.30. The van der Waals surface area contributed by atoms with Crippen LogP contribution in [0, 0.1) is 6.92 Å². The third kappa shape index (κ3) is 5.94. The number of carbonyl (C=O) groups is 1. The number of hydrogen-bond donors (Lipinski definition) is 1. The molecule has 0 aromatic heterocycles. The van der Waals surface area contributed by atoms with E-state index in [9.17, 15) is 13.6 Å². The van der Waals surface area contributed by atoms with E-state index in [4.69, 9.17) is 0 Å². The molecule has 2 aromatic carbocycles. The van der Waals surface area contributed by atoms with Gasteiger partial charge in [0.2, 0.25) is 5.91 Å². The molecule has 0 fully saturated rings. The summed E-state index contributed by atoms with van der Waals surface area (Å²) < 4.78 is 24.5. The summed E-state index contributed by atoms with van der Waals surface area (Å²) in [5.41, 5.74) is 2.97. The second-order valence-electron chi connectivity index (χ2n) is 5.55. The van der Waals surface area contributed by atoms with Gasteiger partial charge in [-0.25, -0.2) is 0 Å². The number of carbonyl (C=O) groups excluding carboxylic acids is 1. The van der Waals surface area contributed by atoms with Crippen molar-refractivity contribution in [2.75, 3.05) is 18.9 Å². The first kappa shape index (κ1) is 18.4. The van der Waals surface area contributed by atoms with Crippen LogP contribution in [-0.2, 0) is 11.3 Å². The molecule has 6 heteroatoms. The summed E-state index contributed by atoms with van der Waals surface area (Å²) in [5.74, 6) is -2.58. The van der Waals surface area contributed by atoms with Crippen LogP contribution in [0.15, 0.2) is 53.4 Å². The van der Waals surface area contributed by atoms with E-state index in [1.165, 1.54) is 11.1 Å². The Morgan fingerprint density at radius 3 is 2.46 bits per heavy atom. The van der Waals surface area contributed by atoms with Crippen LogP contribution < -0.4 is 5.32 Å². The van der Waals surface area contributed by atoms with Gasteiger partial charge in [0.1, 0.15) is 0 Å². The lowest BCUT2D eigenvalue weighted by atomic mass is 10.1. The number of nitrogens with zero attached hydrogens (tertiary/aromatic N) is 1. The number of thioether (sulfide) groups is 1. The minimum absolute atomic E-state index is 0.139. The first-order chi connectivity index (χ1) is 11.4. The third-order valence-corrected chi connectivity index (χ3v) is 4.20. The minimum atomic E-state index is -2.44. The van der Waals surface area contributed by atoms with Crippen molar-refractivity contribution in [3.63, 3.8) is 0 Å². The highest BCUT2D eigenvalue weighted by molar-refractivity contribution is 7.99. The molecule has 1 N–H and O–H groups in total. The average molecular weight is 350 g/mol. The van der Waals surface area contributed by atoms with Crippen molar-refractivity contribution >= 4 is 23.4 Å². The Bertz CT molecular complexity index is 677. The summed E-state index contributed by atoms with van der Waals surface area (Å²) in [6.45, 7) is 2.98. The predicted molar refractivity (Wildman–Crippen MR) is 94.4 cm³/mol. The van der Waals surface area contributed by atoms with Crippen LogP contribution in [0.2, 0.25) is 0 Å². The van der Waals surface area contributed by atoms with Gasteiger partial charge in [0, 0.05) is 17.1 Å². The highest BCUT2D eigenvalue weighted by Crippen LogP contribution is 2.26. The molecule has 128 valence electrons. The molecule has 0 heterocycles. The highest BCUT2D eigenvalue weighted by atomic mass is 32.2. The molecular formula is C18H20F2N2OS. The van der Waals surface area contributed by atoms with Crippen LogP contribution in [0.5, 0.6) is 0 Å². The quantitative estimate of drug-likeness (QED) is 0.752. The molecule has 2 aromatic rings. The molecule has 0 aliphatic carbocycles. The summed E-state index contributed by atoms with van der Waals surface area (Å²) in [6.07, 6.45) is 0. The number of rotatable bonds is 7. The smallest absolute Gasteiger partial charge is 0.288 e. The fraction of sp³-hybridized carbons (Fsp3) is 0.278. The second kappa shape index (κ2) is 8.80. The Morgan fingerprint density at radius 1 is 1.17 bits per heavy atom. The molecule has 0 aliphatic rings. The molecule has 2 rings (SSSR count). The van der Waals surface area contributed by atoms with Crippen molar-refractivity contribution in [1.82, 2.24) is 4.90 Å². The monoisotopic (exact) mass is 350 g/mol. The molecule has 0 unspecified atom stereocenters. The van der Waals surface area contributed by atoms with Gasteiger partial charge < -0.3 is 5.32 Å². The number of amides is 1. The lowest BCUT2D eigenvalue weighted by molar-refractivity contribution is -0.117. The van der Waals surface area contributed by atoms with Crippen LogP contribution in [0.1, 0.15) is 11.1 Å². The van der Waals surface area contributed by atoms with Gasteiger partial charge in [0.15, 0.2) is 0 Å². The molecule has 1 amide bonds. The van der Waals surface area contributed by atoms with Crippen LogP contribution in [-0.4, -0.2) is 30.2 Å². The van der Waals surface area contributed by atoms with E-state index in [0.29, 0.717) is 28.9 Å². The van der Waals surface area contributed by atoms with Crippen LogP contribution >= 0.6 is 11.8 Å². The molecule has 0 saturated heterocycles. The number of alkyl halides is 2. The van der Waals surface area contributed by atoms with Crippen LogP contribution in [0.3, 0.4) is 0 Å². The lowest BCUT2D eigenvalue weighted by Gasteiger charge is -2.17. The van der Waals surface area contributed by atoms with Crippen molar-refractivity contribution < 1.29 is 13.6 Å². The normalized spacial score (nSPS) is 11.1. The topological polar surface area (TPSA) is 32.3 Å².